The van der Waals surface area contributed by atoms with Crippen LogP contribution in [0.25, 0.3) is 0 Å². The van der Waals surface area contributed by atoms with Gasteiger partial charge in [-0.3, -0.25) is 4.79 Å². The van der Waals surface area contributed by atoms with Gasteiger partial charge in [-0.2, -0.15) is 0 Å². The van der Waals surface area contributed by atoms with Gasteiger partial charge in [0.2, 0.25) is 5.91 Å². The highest BCUT2D eigenvalue weighted by molar-refractivity contribution is 6.20. The highest BCUT2D eigenvalue weighted by atomic mass is 35.5. The average molecular weight is 204 g/mol. The van der Waals surface area contributed by atoms with Crippen LogP contribution in [-0.2, 0) is 4.79 Å². The molecule has 1 amide bonds. The summed E-state index contributed by atoms with van der Waals surface area (Å²) in [5.41, 5.74) is 0. The van der Waals surface area contributed by atoms with Gasteiger partial charge in [-0.1, -0.05) is 6.92 Å². The smallest absolute Gasteiger partial charge is 0.223 e. The number of carbonyl (C=O) groups excluding carboxylic acids is 1. The van der Waals surface area contributed by atoms with Gasteiger partial charge in [-0.15, -0.1) is 11.6 Å². The van der Waals surface area contributed by atoms with Crippen LogP contribution < -0.4 is 5.32 Å². The van der Waals surface area contributed by atoms with Crippen LogP contribution in [0.1, 0.15) is 33.1 Å². The number of amides is 1. The molecule has 13 heavy (non-hydrogen) atoms. The molecule has 1 aliphatic rings. The molecule has 0 heterocycles. The maximum atomic E-state index is 11.3. The Morgan fingerprint density at radius 2 is 2.31 bits per heavy atom. The predicted molar refractivity (Wildman–Crippen MR) is 54.8 cm³/mol. The third-order valence-electron chi connectivity index (χ3n) is 2.52. The highest BCUT2D eigenvalue weighted by Crippen LogP contribution is 2.37. The average Bonchev–Trinajstić information content (AvgIpc) is 2.75. The number of hydrogen-bond acceptors (Lipinski definition) is 1. The number of halogens is 1. The highest BCUT2D eigenvalue weighted by Gasteiger charge is 2.38. The molecular weight excluding hydrogens is 186 g/mol. The summed E-state index contributed by atoms with van der Waals surface area (Å²) in [5.74, 6) is 1.13. The van der Waals surface area contributed by atoms with E-state index in [-0.39, 0.29) is 11.3 Å². The van der Waals surface area contributed by atoms with Crippen molar-refractivity contribution in [3.63, 3.8) is 0 Å². The topological polar surface area (TPSA) is 29.1 Å². The van der Waals surface area contributed by atoms with Crippen molar-refractivity contribution in [3.05, 3.63) is 0 Å². The fraction of sp³-hybridized carbons (Fsp3) is 0.900. The van der Waals surface area contributed by atoms with E-state index in [0.717, 1.165) is 25.8 Å². The van der Waals surface area contributed by atoms with Crippen molar-refractivity contribution < 1.29 is 4.79 Å². The number of alkyl halides is 1. The molecule has 0 saturated heterocycles. The van der Waals surface area contributed by atoms with Crippen molar-refractivity contribution in [2.45, 2.75) is 38.5 Å². The molecule has 0 bridgehead atoms. The Kier molecular flexibility index (Phi) is 4.04. The molecular formula is C10H18ClNO. The molecule has 0 aromatic carbocycles. The Balaban J connectivity index is 1.97. The van der Waals surface area contributed by atoms with E-state index in [4.69, 9.17) is 11.6 Å². The van der Waals surface area contributed by atoms with Crippen LogP contribution in [-0.4, -0.2) is 17.8 Å². The summed E-state index contributed by atoms with van der Waals surface area (Å²) >= 11 is 5.78. The van der Waals surface area contributed by atoms with Gasteiger partial charge in [0.05, 0.1) is 0 Å². The lowest BCUT2D eigenvalue weighted by molar-refractivity contribution is -0.122. The monoisotopic (exact) mass is 203 g/mol. The van der Waals surface area contributed by atoms with Crippen molar-refractivity contribution in [1.82, 2.24) is 5.32 Å². The van der Waals surface area contributed by atoms with Gasteiger partial charge in [0.1, 0.15) is 0 Å². The third-order valence-corrected chi connectivity index (χ3v) is 2.74. The fourth-order valence-electron chi connectivity index (χ4n) is 1.41. The molecule has 0 aromatic rings. The van der Waals surface area contributed by atoms with Crippen LogP contribution in [0.2, 0.25) is 0 Å². The molecule has 0 spiro atoms. The van der Waals surface area contributed by atoms with Crippen molar-refractivity contribution in [2.24, 2.45) is 11.8 Å². The summed E-state index contributed by atoms with van der Waals surface area (Å²) in [6, 6.07) is 0. The van der Waals surface area contributed by atoms with Crippen LogP contribution in [0.5, 0.6) is 0 Å². The third kappa shape index (κ3) is 3.99. The van der Waals surface area contributed by atoms with Gasteiger partial charge >= 0.3 is 0 Å². The number of nitrogens with one attached hydrogen (secondary N) is 1. The molecule has 2 nitrogen and oxygen atoms in total. The van der Waals surface area contributed by atoms with Gasteiger partial charge in [0.25, 0.3) is 0 Å². The first-order chi connectivity index (χ1) is 6.11. The van der Waals surface area contributed by atoms with E-state index >= 15 is 0 Å². The quantitative estimate of drug-likeness (QED) is 0.539. The van der Waals surface area contributed by atoms with Crippen molar-refractivity contribution in [3.8, 4) is 0 Å². The van der Waals surface area contributed by atoms with E-state index in [1.165, 1.54) is 0 Å². The maximum absolute atomic E-state index is 11.3. The molecule has 1 saturated carbocycles. The normalized spacial score (nSPS) is 28.2. The molecule has 0 aromatic heterocycles. The summed E-state index contributed by atoms with van der Waals surface area (Å²) in [4.78, 5) is 11.3. The second-order valence-electron chi connectivity index (χ2n) is 4.03. The maximum Gasteiger partial charge on any atom is 0.223 e. The van der Waals surface area contributed by atoms with Crippen LogP contribution in [0.4, 0.5) is 0 Å². The van der Waals surface area contributed by atoms with Crippen molar-refractivity contribution in [2.75, 3.05) is 6.54 Å². The molecule has 3 heteroatoms. The van der Waals surface area contributed by atoms with E-state index < -0.39 is 0 Å². The summed E-state index contributed by atoms with van der Waals surface area (Å²) < 4.78 is 0. The largest absolute Gasteiger partial charge is 0.356 e. The molecule has 1 fully saturated rings. The number of carbonyl (C=O) groups is 1. The minimum atomic E-state index is 0.219. The lowest BCUT2D eigenvalue weighted by atomic mass is 10.2. The summed E-state index contributed by atoms with van der Waals surface area (Å²) in [6.07, 6.45) is 3.03. The number of hydrogen-bond donors (Lipinski definition) is 1. The van der Waals surface area contributed by atoms with Crippen LogP contribution in [0.15, 0.2) is 0 Å². The summed E-state index contributed by atoms with van der Waals surface area (Å²) in [6.45, 7) is 4.87. The van der Waals surface area contributed by atoms with Crippen molar-refractivity contribution in [1.29, 1.82) is 0 Å². The Hall–Kier alpha value is -0.240. The van der Waals surface area contributed by atoms with E-state index in [1.807, 2.05) is 6.92 Å². The first-order valence-corrected chi connectivity index (χ1v) is 5.46. The van der Waals surface area contributed by atoms with E-state index in [0.29, 0.717) is 11.8 Å². The van der Waals surface area contributed by atoms with Gasteiger partial charge in [0, 0.05) is 17.8 Å². The molecule has 0 aliphatic heterocycles. The molecule has 3 atom stereocenters. The Morgan fingerprint density at radius 3 is 2.77 bits per heavy atom. The lowest BCUT2D eigenvalue weighted by Gasteiger charge is -2.05. The molecule has 0 radical (unpaired) electrons. The zero-order valence-corrected chi connectivity index (χ0v) is 9.10. The molecule has 3 unspecified atom stereocenters. The van der Waals surface area contributed by atoms with Crippen molar-refractivity contribution >= 4 is 17.5 Å². The van der Waals surface area contributed by atoms with E-state index in [9.17, 15) is 4.79 Å². The van der Waals surface area contributed by atoms with Crippen LogP contribution in [0, 0.1) is 11.8 Å². The minimum Gasteiger partial charge on any atom is -0.356 e. The zero-order chi connectivity index (χ0) is 9.84. The van der Waals surface area contributed by atoms with Gasteiger partial charge in [-0.05, 0) is 32.1 Å². The van der Waals surface area contributed by atoms with Crippen LogP contribution in [0.3, 0.4) is 0 Å². The first kappa shape index (κ1) is 10.8. The lowest BCUT2D eigenvalue weighted by Crippen LogP contribution is -2.26. The van der Waals surface area contributed by atoms with Gasteiger partial charge in [-0.25, -0.2) is 0 Å². The molecule has 1 aliphatic carbocycles. The Morgan fingerprint density at radius 1 is 1.69 bits per heavy atom. The standard InChI is InChI=1S/C10H18ClNO/c1-7-6-9(7)10(13)12-5-3-4-8(2)11/h7-9H,3-6H2,1-2H3,(H,12,13). The SMILES string of the molecule is CC(Cl)CCCNC(=O)C1CC1C. The van der Waals surface area contributed by atoms with Crippen LogP contribution >= 0.6 is 11.6 Å². The summed E-state index contributed by atoms with van der Waals surface area (Å²) in [5, 5.41) is 3.15. The molecule has 76 valence electrons. The molecule has 1 rings (SSSR count). The summed E-state index contributed by atoms with van der Waals surface area (Å²) in [7, 11) is 0. The second kappa shape index (κ2) is 4.85. The van der Waals surface area contributed by atoms with Gasteiger partial charge in [0.15, 0.2) is 0 Å². The first-order valence-electron chi connectivity index (χ1n) is 5.03. The predicted octanol–water partition coefficient (Wildman–Crippen LogP) is 2.17. The minimum absolute atomic E-state index is 0.219. The number of rotatable bonds is 5. The zero-order valence-electron chi connectivity index (χ0n) is 8.35. The second-order valence-corrected chi connectivity index (χ2v) is 4.78. The fourth-order valence-corrected chi connectivity index (χ4v) is 1.57. The van der Waals surface area contributed by atoms with Gasteiger partial charge < -0.3 is 5.32 Å². The Labute approximate surface area is 85.0 Å². The molecule has 1 N–H and O–H groups in total. The Bertz CT molecular complexity index is 182. The van der Waals surface area contributed by atoms with E-state index in [2.05, 4.69) is 12.2 Å². The van der Waals surface area contributed by atoms with E-state index in [1.54, 1.807) is 0 Å².